The number of sulfonamides is 1. The van der Waals surface area contributed by atoms with E-state index < -0.39 is 28.1 Å². The lowest BCUT2D eigenvalue weighted by molar-refractivity contribution is -0.148. The predicted molar refractivity (Wildman–Crippen MR) is 148 cm³/mol. The number of ether oxygens (including phenoxy) is 2. The van der Waals surface area contributed by atoms with Crippen LogP contribution in [0.3, 0.4) is 0 Å². The van der Waals surface area contributed by atoms with E-state index in [1.165, 1.54) is 4.68 Å². The van der Waals surface area contributed by atoms with Gasteiger partial charge in [-0.2, -0.15) is 0 Å². The third-order valence-electron chi connectivity index (χ3n) is 5.88. The number of hydrogen-bond donors (Lipinski definition) is 2. The lowest BCUT2D eigenvalue weighted by atomic mass is 10.0. The van der Waals surface area contributed by atoms with Gasteiger partial charge in [0.15, 0.2) is 0 Å². The van der Waals surface area contributed by atoms with Crippen LogP contribution < -0.4 is 15.2 Å². The van der Waals surface area contributed by atoms with Crippen LogP contribution in [0.15, 0.2) is 59.1 Å². The third-order valence-corrected chi connectivity index (χ3v) is 8.22. The summed E-state index contributed by atoms with van der Waals surface area (Å²) in [5, 5.41) is 16.3. The highest BCUT2D eigenvalue weighted by Crippen LogP contribution is 2.28. The Hall–Kier alpha value is -3.88. The first-order valence-electron chi connectivity index (χ1n) is 12.5. The summed E-state index contributed by atoms with van der Waals surface area (Å²) < 4.78 is 36.1. The largest absolute Gasteiger partial charge is 0.487 e. The molecule has 2 aromatic heterocycles. The summed E-state index contributed by atoms with van der Waals surface area (Å²) in [6.45, 7) is 5.71. The maximum absolute atomic E-state index is 13.4. The van der Waals surface area contributed by atoms with E-state index in [0.29, 0.717) is 21.7 Å². The van der Waals surface area contributed by atoms with Crippen molar-refractivity contribution in [1.29, 1.82) is 0 Å². The number of benzene rings is 2. The molecule has 0 unspecified atom stereocenters. The first-order valence-corrected chi connectivity index (χ1v) is 14.9. The van der Waals surface area contributed by atoms with Crippen LogP contribution in [0.5, 0.6) is 5.75 Å². The van der Waals surface area contributed by atoms with Gasteiger partial charge in [0.05, 0.1) is 23.0 Å². The molecule has 2 atom stereocenters. The van der Waals surface area contributed by atoms with Crippen molar-refractivity contribution in [3.05, 3.63) is 66.0 Å². The molecular weight excluding hydrogens is 556 g/mol. The molecule has 3 N–H and O–H groups in total. The number of nitrogens with two attached hydrogens (primary N) is 1. The second-order valence-corrected chi connectivity index (χ2v) is 12.1. The molecule has 12 nitrogen and oxygen atoms in total. The van der Waals surface area contributed by atoms with Gasteiger partial charge in [0.2, 0.25) is 10.2 Å². The number of esters is 1. The van der Waals surface area contributed by atoms with E-state index >= 15 is 0 Å². The van der Waals surface area contributed by atoms with Crippen molar-refractivity contribution in [1.82, 2.24) is 25.3 Å². The summed E-state index contributed by atoms with van der Waals surface area (Å²) in [6.07, 6.45) is 1.90. The molecule has 0 saturated carbocycles. The minimum absolute atomic E-state index is 0.0538. The van der Waals surface area contributed by atoms with E-state index in [0.717, 1.165) is 16.9 Å². The van der Waals surface area contributed by atoms with Gasteiger partial charge in [0, 0.05) is 6.42 Å². The zero-order valence-corrected chi connectivity index (χ0v) is 23.8. The predicted octanol–water partition coefficient (Wildman–Crippen LogP) is 2.60. The number of nitrogens with one attached hydrogen (secondary N) is 1. The van der Waals surface area contributed by atoms with Gasteiger partial charge in [-0.15, -0.1) is 16.4 Å². The molecule has 0 fully saturated rings. The fourth-order valence-electron chi connectivity index (χ4n) is 4.04. The van der Waals surface area contributed by atoms with Crippen LogP contribution in [0.2, 0.25) is 0 Å². The Morgan fingerprint density at radius 3 is 2.58 bits per heavy atom. The number of thiazole rings is 1. The molecule has 0 radical (unpaired) electrons. The van der Waals surface area contributed by atoms with E-state index in [9.17, 15) is 18.0 Å². The van der Waals surface area contributed by atoms with Gasteiger partial charge in [-0.1, -0.05) is 49.4 Å². The fourth-order valence-corrected chi connectivity index (χ4v) is 5.72. The summed E-state index contributed by atoms with van der Waals surface area (Å²) in [5.41, 5.74) is 1.85. The molecule has 2 heterocycles. The molecule has 0 aliphatic carbocycles. The molecule has 0 bridgehead atoms. The molecule has 212 valence electrons. The molecule has 4 aromatic rings. The first kappa shape index (κ1) is 29.1. The number of aromatic nitrogens is 4. The van der Waals surface area contributed by atoms with Crippen LogP contribution >= 0.6 is 11.3 Å². The van der Waals surface area contributed by atoms with Gasteiger partial charge in [-0.3, -0.25) is 4.79 Å². The summed E-state index contributed by atoms with van der Waals surface area (Å²) in [5.74, 6) is -0.591. The molecule has 0 aliphatic rings. The average Bonchev–Trinajstić information content (AvgIpc) is 3.54. The Bertz CT molecular complexity index is 1590. The topological polar surface area (TPSA) is 168 Å². The number of carbonyl (C=O) groups is 2. The van der Waals surface area contributed by atoms with Crippen molar-refractivity contribution in [2.24, 2.45) is 11.1 Å². The van der Waals surface area contributed by atoms with E-state index in [-0.39, 0.29) is 35.8 Å². The minimum Gasteiger partial charge on any atom is -0.487 e. The normalized spacial score (nSPS) is 13.2. The van der Waals surface area contributed by atoms with Crippen LogP contribution in [0.25, 0.3) is 10.2 Å². The van der Waals surface area contributed by atoms with Crippen molar-refractivity contribution < 1.29 is 27.5 Å². The number of primary sulfonamides is 1. The number of fused-ring (bicyclic) bond motifs is 1. The first-order chi connectivity index (χ1) is 19.0. The van der Waals surface area contributed by atoms with Gasteiger partial charge in [0.25, 0.3) is 10.0 Å². The molecule has 14 heteroatoms. The number of rotatable bonds is 12. The Morgan fingerprint density at radius 2 is 1.90 bits per heavy atom. The molecule has 0 saturated heterocycles. The fraction of sp³-hybridized carbons (Fsp3) is 0.346. The Labute approximate surface area is 235 Å². The molecule has 4 rings (SSSR count). The Balaban J connectivity index is 1.45. The summed E-state index contributed by atoms with van der Waals surface area (Å²) >= 11 is 0.951. The van der Waals surface area contributed by atoms with Gasteiger partial charge >= 0.3 is 5.97 Å². The highest BCUT2D eigenvalue weighted by Gasteiger charge is 2.30. The summed E-state index contributed by atoms with van der Waals surface area (Å²) in [6, 6.07) is 12.7. The molecule has 0 spiro atoms. The number of carbonyl (C=O) groups excluding carboxylic acids is 2. The monoisotopic (exact) mass is 586 g/mol. The van der Waals surface area contributed by atoms with E-state index in [1.54, 1.807) is 31.3 Å². The summed E-state index contributed by atoms with van der Waals surface area (Å²) in [7, 11) is -3.90. The van der Waals surface area contributed by atoms with Crippen molar-refractivity contribution in [3.63, 3.8) is 0 Å². The lowest BCUT2D eigenvalue weighted by Gasteiger charge is -2.24. The van der Waals surface area contributed by atoms with E-state index in [4.69, 9.17) is 14.6 Å². The standard InChI is InChI=1S/C26H30N6O6S2/c1-4-37-25(34)21(12-17-8-6-5-7-9-17)28-24(33)23(16(2)3)32-14-18(30-31-32)15-38-19-10-11-20-22(13-19)39-26(29-20)40(27,35)36/h5-11,13-14,16,21,23H,4,12,15H2,1-3H3,(H,28,33)(H2,27,35,36)/t21-,23-/m0/s1. The zero-order chi connectivity index (χ0) is 28.9. The van der Waals surface area contributed by atoms with Crippen molar-refractivity contribution in [3.8, 4) is 5.75 Å². The second kappa shape index (κ2) is 12.5. The molecular formula is C26H30N6O6S2. The third kappa shape index (κ3) is 7.20. The Kier molecular flexibility index (Phi) is 9.12. The molecule has 0 aliphatic heterocycles. The second-order valence-electron chi connectivity index (χ2n) is 9.32. The maximum Gasteiger partial charge on any atom is 0.328 e. The van der Waals surface area contributed by atoms with Gasteiger partial charge < -0.3 is 14.8 Å². The molecule has 40 heavy (non-hydrogen) atoms. The highest BCUT2D eigenvalue weighted by atomic mass is 32.2. The van der Waals surface area contributed by atoms with Gasteiger partial charge in [0.1, 0.15) is 30.1 Å². The number of hydrogen-bond acceptors (Lipinski definition) is 10. The average molecular weight is 587 g/mol. The van der Waals surface area contributed by atoms with Crippen LogP contribution in [-0.2, 0) is 37.4 Å². The van der Waals surface area contributed by atoms with Crippen molar-refractivity contribution >= 4 is 43.5 Å². The van der Waals surface area contributed by atoms with Crippen molar-refractivity contribution in [2.45, 2.75) is 50.2 Å². The van der Waals surface area contributed by atoms with E-state index in [1.807, 2.05) is 44.2 Å². The quantitative estimate of drug-likeness (QED) is 0.237. The van der Waals surface area contributed by atoms with E-state index in [2.05, 4.69) is 20.6 Å². The van der Waals surface area contributed by atoms with Crippen LogP contribution in [0, 0.1) is 5.92 Å². The maximum atomic E-state index is 13.4. The van der Waals surface area contributed by atoms with Gasteiger partial charge in [-0.25, -0.2) is 28.0 Å². The summed E-state index contributed by atoms with van der Waals surface area (Å²) in [4.78, 5) is 30.0. The van der Waals surface area contributed by atoms with Gasteiger partial charge in [-0.05, 0) is 36.6 Å². The smallest absolute Gasteiger partial charge is 0.328 e. The highest BCUT2D eigenvalue weighted by molar-refractivity contribution is 7.91. The Morgan fingerprint density at radius 1 is 1.15 bits per heavy atom. The van der Waals surface area contributed by atoms with Crippen LogP contribution in [0.1, 0.15) is 38.1 Å². The molecule has 2 aromatic carbocycles. The zero-order valence-electron chi connectivity index (χ0n) is 22.2. The number of nitrogens with zero attached hydrogens (tertiary/aromatic N) is 4. The number of amides is 1. The SMILES string of the molecule is CCOC(=O)[C@H](Cc1ccccc1)NC(=O)[C@H](C(C)C)n1cc(COc2ccc3nc(S(N)(=O)=O)sc3c2)nn1. The molecule has 1 amide bonds. The van der Waals surface area contributed by atoms with Crippen LogP contribution in [-0.4, -0.2) is 52.9 Å². The van der Waals surface area contributed by atoms with Crippen molar-refractivity contribution in [2.75, 3.05) is 6.61 Å². The lowest BCUT2D eigenvalue weighted by Crippen LogP contribution is -2.47. The minimum atomic E-state index is -3.90. The van der Waals surface area contributed by atoms with Crippen LogP contribution in [0.4, 0.5) is 0 Å².